The molecule has 0 unspecified atom stereocenters. The van der Waals surface area contributed by atoms with E-state index in [1.165, 1.54) is 0 Å². The van der Waals surface area contributed by atoms with E-state index in [4.69, 9.17) is 4.74 Å². The van der Waals surface area contributed by atoms with E-state index in [1.807, 2.05) is 6.08 Å². The van der Waals surface area contributed by atoms with E-state index in [9.17, 15) is 0 Å². The lowest BCUT2D eigenvalue weighted by Gasteiger charge is -2.04. The molecule has 1 nitrogen and oxygen atoms in total. The molecular weight excluding hydrogens is 188 g/mol. The van der Waals surface area contributed by atoms with Gasteiger partial charge >= 0.3 is 0 Å². The Morgan fingerprint density at radius 2 is 2.14 bits per heavy atom. The SMILES string of the molecule is C=CCC[C@@H]1O[C@]1(C)C#C[Si](C)(C)C. The van der Waals surface area contributed by atoms with Crippen molar-refractivity contribution in [3.63, 3.8) is 0 Å². The molecule has 0 N–H and O–H groups in total. The Morgan fingerprint density at radius 1 is 1.50 bits per heavy atom. The van der Waals surface area contributed by atoms with Gasteiger partial charge in [-0.3, -0.25) is 0 Å². The van der Waals surface area contributed by atoms with Gasteiger partial charge < -0.3 is 4.74 Å². The molecule has 1 saturated heterocycles. The minimum Gasteiger partial charge on any atom is -0.353 e. The molecule has 0 amide bonds. The maximum atomic E-state index is 5.60. The van der Waals surface area contributed by atoms with E-state index in [0.29, 0.717) is 6.10 Å². The lowest BCUT2D eigenvalue weighted by molar-refractivity contribution is 0.343. The van der Waals surface area contributed by atoms with Crippen molar-refractivity contribution in [2.75, 3.05) is 0 Å². The molecule has 0 aromatic rings. The second-order valence-corrected chi connectivity index (χ2v) is 9.83. The van der Waals surface area contributed by atoms with Crippen molar-refractivity contribution >= 4 is 8.07 Å². The average molecular weight is 208 g/mol. The summed E-state index contributed by atoms with van der Waals surface area (Å²) < 4.78 is 5.60. The highest BCUT2D eigenvalue weighted by molar-refractivity contribution is 6.83. The fourth-order valence-corrected chi connectivity index (χ4v) is 1.91. The first kappa shape index (κ1) is 11.6. The molecule has 0 aliphatic carbocycles. The zero-order valence-corrected chi connectivity index (χ0v) is 10.7. The van der Waals surface area contributed by atoms with Crippen LogP contribution < -0.4 is 0 Å². The molecule has 1 aliphatic rings. The highest BCUT2D eigenvalue weighted by atomic mass is 28.3. The molecule has 0 aromatic carbocycles. The number of hydrogen-bond donors (Lipinski definition) is 0. The average Bonchev–Trinajstić information content (AvgIpc) is 2.70. The first-order valence-electron chi connectivity index (χ1n) is 5.20. The maximum absolute atomic E-state index is 5.60. The fraction of sp³-hybridized carbons (Fsp3) is 0.667. The van der Waals surface area contributed by atoms with E-state index in [2.05, 4.69) is 44.6 Å². The Labute approximate surface area is 88.6 Å². The molecule has 14 heavy (non-hydrogen) atoms. The van der Waals surface area contributed by atoms with Crippen molar-refractivity contribution in [3.8, 4) is 11.5 Å². The van der Waals surface area contributed by atoms with Crippen molar-refractivity contribution in [2.45, 2.75) is 51.1 Å². The van der Waals surface area contributed by atoms with E-state index in [-0.39, 0.29) is 5.60 Å². The van der Waals surface area contributed by atoms with Crippen LogP contribution in [0.1, 0.15) is 19.8 Å². The minimum absolute atomic E-state index is 0.150. The van der Waals surface area contributed by atoms with Crippen LogP contribution in [0.3, 0.4) is 0 Å². The molecule has 1 aliphatic heterocycles. The van der Waals surface area contributed by atoms with Gasteiger partial charge in [0.1, 0.15) is 8.07 Å². The van der Waals surface area contributed by atoms with Gasteiger partial charge in [-0.1, -0.05) is 31.6 Å². The number of rotatable bonds is 3. The van der Waals surface area contributed by atoms with Gasteiger partial charge in [-0.2, -0.15) is 0 Å². The quantitative estimate of drug-likeness (QED) is 0.301. The van der Waals surface area contributed by atoms with Crippen molar-refractivity contribution < 1.29 is 4.74 Å². The Bertz CT molecular complexity index is 279. The molecule has 0 saturated carbocycles. The minimum atomic E-state index is -1.25. The van der Waals surface area contributed by atoms with Crippen LogP contribution in [-0.4, -0.2) is 19.8 Å². The van der Waals surface area contributed by atoms with E-state index < -0.39 is 8.07 Å². The van der Waals surface area contributed by atoms with Crippen LogP contribution in [0.4, 0.5) is 0 Å². The number of ether oxygens (including phenoxy) is 1. The van der Waals surface area contributed by atoms with Gasteiger partial charge in [0.25, 0.3) is 0 Å². The molecule has 1 rings (SSSR count). The first-order valence-corrected chi connectivity index (χ1v) is 8.70. The van der Waals surface area contributed by atoms with Crippen LogP contribution in [0.25, 0.3) is 0 Å². The number of epoxide rings is 1. The predicted octanol–water partition coefficient (Wildman–Crippen LogP) is 2.99. The van der Waals surface area contributed by atoms with Gasteiger partial charge in [-0.05, 0) is 19.8 Å². The topological polar surface area (TPSA) is 12.5 Å². The third-order valence-corrected chi connectivity index (χ3v) is 3.14. The lowest BCUT2D eigenvalue weighted by Crippen LogP contribution is -2.18. The van der Waals surface area contributed by atoms with Gasteiger partial charge in [0.2, 0.25) is 0 Å². The van der Waals surface area contributed by atoms with Crippen molar-refractivity contribution in [1.82, 2.24) is 0 Å². The second-order valence-electron chi connectivity index (χ2n) is 5.08. The van der Waals surface area contributed by atoms with E-state index >= 15 is 0 Å². The smallest absolute Gasteiger partial charge is 0.151 e. The van der Waals surface area contributed by atoms with Crippen molar-refractivity contribution in [2.24, 2.45) is 0 Å². The summed E-state index contributed by atoms with van der Waals surface area (Å²) in [6.45, 7) is 12.6. The van der Waals surface area contributed by atoms with Gasteiger partial charge in [-0.15, -0.1) is 12.1 Å². The normalized spacial score (nSPS) is 30.4. The second kappa shape index (κ2) is 3.92. The Balaban J connectivity index is 2.46. The summed E-state index contributed by atoms with van der Waals surface area (Å²) in [4.78, 5) is 0. The monoisotopic (exact) mass is 208 g/mol. The molecule has 0 radical (unpaired) electrons. The van der Waals surface area contributed by atoms with Crippen LogP contribution >= 0.6 is 0 Å². The summed E-state index contributed by atoms with van der Waals surface area (Å²) in [5.41, 5.74) is 3.22. The van der Waals surface area contributed by atoms with Crippen LogP contribution in [0.5, 0.6) is 0 Å². The third kappa shape index (κ3) is 3.32. The molecule has 0 bridgehead atoms. The van der Waals surface area contributed by atoms with Gasteiger partial charge in [0.15, 0.2) is 5.60 Å². The lowest BCUT2D eigenvalue weighted by atomic mass is 10.1. The molecule has 78 valence electrons. The molecule has 0 spiro atoms. The summed E-state index contributed by atoms with van der Waals surface area (Å²) in [6, 6.07) is 0. The molecular formula is C12H20OSi. The summed E-state index contributed by atoms with van der Waals surface area (Å²) >= 11 is 0. The standard InChI is InChI=1S/C12H20OSi/c1-6-7-8-11-12(2,13-11)9-10-14(3,4)5/h6,11H,1,7-8H2,2-5H3/t11-,12+/m0/s1. The molecule has 2 atom stereocenters. The van der Waals surface area contributed by atoms with Crippen LogP contribution in [0, 0.1) is 11.5 Å². The Hall–Kier alpha value is -0.523. The van der Waals surface area contributed by atoms with Crippen LogP contribution in [-0.2, 0) is 4.74 Å². The predicted molar refractivity (Wildman–Crippen MR) is 63.8 cm³/mol. The summed E-state index contributed by atoms with van der Waals surface area (Å²) in [7, 11) is -1.25. The molecule has 1 heterocycles. The molecule has 0 aromatic heterocycles. The fourth-order valence-electron chi connectivity index (χ4n) is 1.29. The molecule has 1 fully saturated rings. The highest BCUT2D eigenvalue weighted by Gasteiger charge is 2.50. The molecule has 2 heteroatoms. The zero-order valence-electron chi connectivity index (χ0n) is 9.68. The van der Waals surface area contributed by atoms with Crippen LogP contribution in [0.2, 0.25) is 19.6 Å². The van der Waals surface area contributed by atoms with Crippen molar-refractivity contribution in [1.29, 1.82) is 0 Å². The largest absolute Gasteiger partial charge is 0.353 e. The number of hydrogen-bond acceptors (Lipinski definition) is 1. The van der Waals surface area contributed by atoms with Gasteiger partial charge in [0.05, 0.1) is 6.10 Å². The summed E-state index contributed by atoms with van der Waals surface area (Å²) in [5, 5.41) is 0. The number of allylic oxidation sites excluding steroid dienone is 1. The van der Waals surface area contributed by atoms with E-state index in [1.54, 1.807) is 0 Å². The van der Waals surface area contributed by atoms with Gasteiger partial charge in [0, 0.05) is 0 Å². The van der Waals surface area contributed by atoms with E-state index in [0.717, 1.165) is 12.8 Å². The van der Waals surface area contributed by atoms with Crippen LogP contribution in [0.15, 0.2) is 12.7 Å². The summed E-state index contributed by atoms with van der Waals surface area (Å²) in [6.07, 6.45) is 4.35. The third-order valence-electron chi connectivity index (χ3n) is 2.26. The summed E-state index contributed by atoms with van der Waals surface area (Å²) in [5.74, 6) is 3.29. The van der Waals surface area contributed by atoms with Gasteiger partial charge in [-0.25, -0.2) is 0 Å². The Kier molecular flexibility index (Phi) is 3.23. The first-order chi connectivity index (χ1) is 6.37. The highest BCUT2D eigenvalue weighted by Crippen LogP contribution is 2.38. The zero-order chi connectivity index (χ0) is 10.8. The van der Waals surface area contributed by atoms with Crippen molar-refractivity contribution in [3.05, 3.63) is 12.7 Å². The Morgan fingerprint density at radius 3 is 2.64 bits per heavy atom. The maximum Gasteiger partial charge on any atom is 0.151 e.